The highest BCUT2D eigenvalue weighted by molar-refractivity contribution is 6.33. The highest BCUT2D eigenvalue weighted by atomic mass is 35.5. The smallest absolute Gasteiger partial charge is 0.337 e. The maximum atomic E-state index is 11.0. The molecule has 1 aromatic carbocycles. The van der Waals surface area contributed by atoms with E-state index in [9.17, 15) is 10.1 Å². The Kier molecular flexibility index (Phi) is 4.65. The molecule has 0 saturated carbocycles. The molecule has 0 unspecified atom stereocenters. The topological polar surface area (TPSA) is 99.7 Å². The molecule has 3 rings (SSSR count). The first-order valence-corrected chi connectivity index (χ1v) is 7.95. The van der Waals surface area contributed by atoms with Crippen molar-refractivity contribution in [1.29, 1.82) is 5.26 Å². The number of hydrogen-bond acceptors (Lipinski definition) is 5. The number of furan rings is 2. The van der Waals surface area contributed by atoms with Crippen molar-refractivity contribution < 1.29 is 18.7 Å². The maximum absolute atomic E-state index is 11.0. The Labute approximate surface area is 154 Å². The van der Waals surface area contributed by atoms with E-state index in [1.165, 1.54) is 18.3 Å². The Balaban J connectivity index is 1.87. The van der Waals surface area contributed by atoms with E-state index in [1.807, 2.05) is 0 Å². The molecule has 2 heterocycles. The number of nitriles is 1. The first kappa shape index (κ1) is 17.5. The van der Waals surface area contributed by atoms with Crippen LogP contribution in [0.25, 0.3) is 11.3 Å². The van der Waals surface area contributed by atoms with Gasteiger partial charge in [0.2, 0.25) is 5.88 Å². The fourth-order valence-electron chi connectivity index (χ4n) is 2.37. The summed E-state index contributed by atoms with van der Waals surface area (Å²) < 4.78 is 11.1. The predicted molar refractivity (Wildman–Crippen MR) is 96.3 cm³/mol. The van der Waals surface area contributed by atoms with Crippen molar-refractivity contribution in [1.82, 2.24) is 0 Å². The third-order valence-electron chi connectivity index (χ3n) is 3.90. The average Bonchev–Trinajstić information content (AvgIpc) is 3.18. The number of aliphatic imine (C=N–C) groups is 1. The molecule has 130 valence electrons. The molecule has 26 heavy (non-hydrogen) atoms. The molecular weight excluding hydrogens is 356 g/mol. The summed E-state index contributed by atoms with van der Waals surface area (Å²) in [5.74, 6) is 0.745. The Morgan fingerprint density at radius 3 is 2.69 bits per heavy atom. The van der Waals surface area contributed by atoms with Gasteiger partial charge in [0.25, 0.3) is 0 Å². The van der Waals surface area contributed by atoms with Crippen LogP contribution in [0.3, 0.4) is 0 Å². The van der Waals surface area contributed by atoms with Crippen molar-refractivity contribution in [2.45, 2.75) is 13.8 Å². The molecule has 0 atom stereocenters. The third kappa shape index (κ3) is 3.25. The van der Waals surface area contributed by atoms with Crippen LogP contribution in [0.1, 0.15) is 33.0 Å². The van der Waals surface area contributed by atoms with Gasteiger partial charge in [-0.05, 0) is 38.1 Å². The minimum absolute atomic E-state index is 0.0244. The number of aromatic carboxylic acids is 1. The van der Waals surface area contributed by atoms with E-state index in [1.54, 1.807) is 32.0 Å². The van der Waals surface area contributed by atoms with Crippen molar-refractivity contribution >= 4 is 29.7 Å². The number of halogens is 1. The average molecular weight is 369 g/mol. The van der Waals surface area contributed by atoms with Gasteiger partial charge in [-0.15, -0.1) is 0 Å². The number of carboxylic acid groups (broad SMARTS) is 1. The molecule has 3 aromatic rings. The van der Waals surface area contributed by atoms with Crippen LogP contribution in [-0.4, -0.2) is 17.3 Å². The first-order chi connectivity index (χ1) is 12.4. The monoisotopic (exact) mass is 368 g/mol. The normalized spacial score (nSPS) is 11.0. The fraction of sp³-hybridized carbons (Fsp3) is 0.105. The van der Waals surface area contributed by atoms with Gasteiger partial charge in [-0.1, -0.05) is 17.7 Å². The minimum atomic E-state index is -1.09. The lowest BCUT2D eigenvalue weighted by Crippen LogP contribution is -1.96. The number of carboxylic acids is 1. The van der Waals surface area contributed by atoms with Gasteiger partial charge >= 0.3 is 5.97 Å². The Hall–Kier alpha value is -3.30. The van der Waals surface area contributed by atoms with Crippen LogP contribution in [0, 0.1) is 25.2 Å². The molecule has 0 bridgehead atoms. The van der Waals surface area contributed by atoms with E-state index in [4.69, 9.17) is 25.5 Å². The third-order valence-corrected chi connectivity index (χ3v) is 4.21. The molecule has 2 aromatic heterocycles. The van der Waals surface area contributed by atoms with Crippen LogP contribution in [0.15, 0.2) is 44.2 Å². The van der Waals surface area contributed by atoms with Gasteiger partial charge in [0.1, 0.15) is 28.9 Å². The summed E-state index contributed by atoms with van der Waals surface area (Å²) in [6.45, 7) is 3.57. The molecule has 0 aliphatic carbocycles. The second kappa shape index (κ2) is 6.90. The number of hydrogen-bond donors (Lipinski definition) is 1. The standard InChI is InChI=1S/C19H13ClN2O4/c1-10-11(2)25-18(15(10)8-21)22-9-13-4-6-17(26-13)12-3-5-14(19(23)24)16(20)7-12/h3-7,9H,1-2H3,(H,23,24). The van der Waals surface area contributed by atoms with E-state index in [0.717, 1.165) is 5.56 Å². The van der Waals surface area contributed by atoms with Gasteiger partial charge in [0.15, 0.2) is 0 Å². The van der Waals surface area contributed by atoms with Crippen LogP contribution >= 0.6 is 11.6 Å². The summed E-state index contributed by atoms with van der Waals surface area (Å²) in [4.78, 5) is 15.2. The zero-order chi connectivity index (χ0) is 18.8. The highest BCUT2D eigenvalue weighted by Crippen LogP contribution is 2.29. The van der Waals surface area contributed by atoms with Gasteiger partial charge in [0, 0.05) is 11.1 Å². The summed E-state index contributed by atoms with van der Waals surface area (Å²) in [6, 6.07) is 10.1. The van der Waals surface area contributed by atoms with E-state index in [0.29, 0.717) is 28.4 Å². The number of aryl methyl sites for hydroxylation is 1. The number of carbonyl (C=O) groups is 1. The van der Waals surface area contributed by atoms with E-state index in [2.05, 4.69) is 11.1 Å². The first-order valence-electron chi connectivity index (χ1n) is 7.58. The molecule has 6 nitrogen and oxygen atoms in total. The molecule has 0 fully saturated rings. The van der Waals surface area contributed by atoms with Crippen molar-refractivity contribution in [2.75, 3.05) is 0 Å². The summed E-state index contributed by atoms with van der Waals surface area (Å²) in [6.07, 6.45) is 1.45. The number of nitrogens with zero attached hydrogens (tertiary/aromatic N) is 2. The SMILES string of the molecule is Cc1oc(N=Cc2ccc(-c3ccc(C(=O)O)c(Cl)c3)o2)c(C#N)c1C. The summed E-state index contributed by atoms with van der Waals surface area (Å²) in [7, 11) is 0. The van der Waals surface area contributed by atoms with Gasteiger partial charge < -0.3 is 13.9 Å². The molecule has 0 amide bonds. The van der Waals surface area contributed by atoms with Crippen LogP contribution < -0.4 is 0 Å². The second-order valence-corrected chi connectivity index (χ2v) is 5.94. The Bertz CT molecular complexity index is 1070. The Morgan fingerprint density at radius 1 is 1.27 bits per heavy atom. The molecule has 0 radical (unpaired) electrons. The lowest BCUT2D eigenvalue weighted by Gasteiger charge is -2.01. The van der Waals surface area contributed by atoms with Gasteiger partial charge in [-0.25, -0.2) is 9.79 Å². The summed E-state index contributed by atoms with van der Waals surface area (Å²) >= 11 is 5.98. The van der Waals surface area contributed by atoms with Crippen molar-refractivity contribution in [3.8, 4) is 17.4 Å². The molecule has 0 spiro atoms. The molecule has 0 aliphatic heterocycles. The summed E-state index contributed by atoms with van der Waals surface area (Å²) in [5.41, 5.74) is 1.81. The van der Waals surface area contributed by atoms with Gasteiger partial charge in [-0.2, -0.15) is 5.26 Å². The predicted octanol–water partition coefficient (Wildman–Crippen LogP) is 5.13. The van der Waals surface area contributed by atoms with E-state index < -0.39 is 5.97 Å². The Morgan fingerprint density at radius 2 is 2.04 bits per heavy atom. The van der Waals surface area contributed by atoms with E-state index >= 15 is 0 Å². The van der Waals surface area contributed by atoms with Crippen LogP contribution in [0.5, 0.6) is 0 Å². The van der Waals surface area contributed by atoms with Crippen molar-refractivity contribution in [3.63, 3.8) is 0 Å². The van der Waals surface area contributed by atoms with Crippen LogP contribution in [0.2, 0.25) is 5.02 Å². The maximum Gasteiger partial charge on any atom is 0.337 e. The summed E-state index contributed by atoms with van der Waals surface area (Å²) in [5, 5.41) is 18.3. The van der Waals surface area contributed by atoms with Crippen LogP contribution in [0.4, 0.5) is 5.88 Å². The highest BCUT2D eigenvalue weighted by Gasteiger charge is 2.14. The largest absolute Gasteiger partial charge is 0.478 e. The fourth-order valence-corrected chi connectivity index (χ4v) is 2.63. The molecule has 0 aliphatic rings. The van der Waals surface area contributed by atoms with E-state index in [-0.39, 0.29) is 16.5 Å². The number of rotatable bonds is 4. The van der Waals surface area contributed by atoms with Crippen molar-refractivity contribution in [2.24, 2.45) is 4.99 Å². The molecular formula is C19H13ClN2O4. The lowest BCUT2D eigenvalue weighted by atomic mass is 10.1. The van der Waals surface area contributed by atoms with Crippen LogP contribution in [-0.2, 0) is 0 Å². The second-order valence-electron chi connectivity index (χ2n) is 5.54. The zero-order valence-electron chi connectivity index (χ0n) is 13.9. The molecule has 7 heteroatoms. The van der Waals surface area contributed by atoms with Crippen molar-refractivity contribution in [3.05, 3.63) is 63.6 Å². The lowest BCUT2D eigenvalue weighted by molar-refractivity contribution is 0.0697. The molecule has 1 N–H and O–H groups in total. The number of benzene rings is 1. The molecule has 0 saturated heterocycles. The van der Waals surface area contributed by atoms with Gasteiger partial charge in [0.05, 0.1) is 16.8 Å². The minimum Gasteiger partial charge on any atom is -0.478 e. The quantitative estimate of drug-likeness (QED) is 0.643. The zero-order valence-corrected chi connectivity index (χ0v) is 14.7. The van der Waals surface area contributed by atoms with Gasteiger partial charge in [-0.3, -0.25) is 0 Å².